The molecule has 8 nitrogen and oxygen atoms in total. The highest BCUT2D eigenvalue weighted by molar-refractivity contribution is 5.92. The van der Waals surface area contributed by atoms with Crippen molar-refractivity contribution in [2.24, 2.45) is 0 Å². The molecule has 8 heteroatoms. The molecule has 2 N–H and O–H groups in total. The van der Waals surface area contributed by atoms with Crippen LogP contribution in [0.15, 0.2) is 42.6 Å². The van der Waals surface area contributed by atoms with Crippen LogP contribution in [-0.2, 0) is 16.0 Å². The Balaban J connectivity index is 1.64. The summed E-state index contributed by atoms with van der Waals surface area (Å²) in [5.74, 6) is 0.918. The SMILES string of the molecule is COc1ccc2[nH]cc(CCNC(=O)/C=C/c3cc(OC)c(OC(C)=O)c(OC)c3)c2c1. The molecule has 3 rings (SSSR count). The second-order valence-corrected chi connectivity index (χ2v) is 6.95. The Hall–Kier alpha value is -3.94. The number of esters is 1. The number of nitrogens with one attached hydrogen (secondary N) is 2. The number of carbonyl (C=O) groups excluding carboxylic acids is 2. The average Bonchev–Trinajstić information content (AvgIpc) is 3.19. The fraction of sp³-hybridized carbons (Fsp3) is 0.250. The molecule has 0 saturated heterocycles. The number of ether oxygens (including phenoxy) is 4. The predicted octanol–water partition coefficient (Wildman–Crippen LogP) is 3.49. The summed E-state index contributed by atoms with van der Waals surface area (Å²) in [7, 11) is 4.56. The third-order valence-electron chi connectivity index (χ3n) is 4.82. The van der Waals surface area contributed by atoms with Gasteiger partial charge in [-0.05, 0) is 54.0 Å². The van der Waals surface area contributed by atoms with Gasteiger partial charge in [0, 0.05) is 36.6 Å². The summed E-state index contributed by atoms with van der Waals surface area (Å²) in [4.78, 5) is 26.8. The van der Waals surface area contributed by atoms with E-state index in [1.54, 1.807) is 25.3 Å². The van der Waals surface area contributed by atoms with Gasteiger partial charge >= 0.3 is 5.97 Å². The number of benzene rings is 2. The molecule has 2 aromatic carbocycles. The van der Waals surface area contributed by atoms with Crippen LogP contribution in [0.5, 0.6) is 23.0 Å². The summed E-state index contributed by atoms with van der Waals surface area (Å²) in [5.41, 5.74) is 2.78. The molecule has 0 aliphatic carbocycles. The van der Waals surface area contributed by atoms with Crippen LogP contribution < -0.4 is 24.3 Å². The minimum Gasteiger partial charge on any atom is -0.497 e. The van der Waals surface area contributed by atoms with Gasteiger partial charge in [-0.25, -0.2) is 0 Å². The highest BCUT2D eigenvalue weighted by Crippen LogP contribution is 2.39. The van der Waals surface area contributed by atoms with Gasteiger partial charge in [-0.1, -0.05) is 0 Å². The Morgan fingerprint density at radius 3 is 2.38 bits per heavy atom. The molecule has 0 aliphatic heterocycles. The predicted molar refractivity (Wildman–Crippen MR) is 121 cm³/mol. The Kier molecular flexibility index (Phi) is 7.38. The van der Waals surface area contributed by atoms with Crippen molar-refractivity contribution in [1.29, 1.82) is 0 Å². The van der Waals surface area contributed by atoms with Crippen molar-refractivity contribution in [2.45, 2.75) is 13.3 Å². The fourth-order valence-electron chi connectivity index (χ4n) is 3.28. The highest BCUT2D eigenvalue weighted by atomic mass is 16.6. The van der Waals surface area contributed by atoms with Gasteiger partial charge in [0.15, 0.2) is 11.5 Å². The normalized spacial score (nSPS) is 10.9. The van der Waals surface area contributed by atoms with Crippen molar-refractivity contribution in [1.82, 2.24) is 10.3 Å². The average molecular weight is 438 g/mol. The third-order valence-corrected chi connectivity index (χ3v) is 4.82. The Morgan fingerprint density at radius 1 is 1.03 bits per heavy atom. The van der Waals surface area contributed by atoms with E-state index in [0.29, 0.717) is 30.0 Å². The van der Waals surface area contributed by atoms with E-state index in [1.165, 1.54) is 27.2 Å². The van der Waals surface area contributed by atoms with Crippen LogP contribution in [0.25, 0.3) is 17.0 Å². The van der Waals surface area contributed by atoms with Crippen molar-refractivity contribution < 1.29 is 28.5 Å². The van der Waals surface area contributed by atoms with E-state index in [2.05, 4.69) is 10.3 Å². The molecule has 1 aromatic heterocycles. The Bertz CT molecular complexity index is 1120. The first-order valence-electron chi connectivity index (χ1n) is 9.99. The fourth-order valence-corrected chi connectivity index (χ4v) is 3.28. The van der Waals surface area contributed by atoms with Gasteiger partial charge in [-0.3, -0.25) is 9.59 Å². The van der Waals surface area contributed by atoms with E-state index in [4.69, 9.17) is 18.9 Å². The van der Waals surface area contributed by atoms with Gasteiger partial charge in [0.25, 0.3) is 0 Å². The van der Waals surface area contributed by atoms with Crippen molar-refractivity contribution in [3.8, 4) is 23.0 Å². The topological polar surface area (TPSA) is 98.9 Å². The molecule has 32 heavy (non-hydrogen) atoms. The van der Waals surface area contributed by atoms with Crippen LogP contribution in [0.3, 0.4) is 0 Å². The minimum absolute atomic E-state index is 0.194. The lowest BCUT2D eigenvalue weighted by Gasteiger charge is -2.13. The van der Waals surface area contributed by atoms with Crippen molar-refractivity contribution >= 4 is 28.9 Å². The number of rotatable bonds is 9. The quantitative estimate of drug-likeness (QED) is 0.301. The highest BCUT2D eigenvalue weighted by Gasteiger charge is 2.15. The molecule has 0 aliphatic rings. The molecule has 0 bridgehead atoms. The maximum atomic E-state index is 12.3. The zero-order valence-electron chi connectivity index (χ0n) is 18.5. The molecule has 0 atom stereocenters. The largest absolute Gasteiger partial charge is 0.497 e. The minimum atomic E-state index is -0.488. The molecule has 168 valence electrons. The number of amides is 1. The van der Waals surface area contributed by atoms with E-state index in [9.17, 15) is 9.59 Å². The van der Waals surface area contributed by atoms with Gasteiger partial charge in [-0.2, -0.15) is 0 Å². The molecular weight excluding hydrogens is 412 g/mol. The molecule has 3 aromatic rings. The first kappa shape index (κ1) is 22.7. The van der Waals surface area contributed by atoms with Crippen molar-refractivity contribution in [3.63, 3.8) is 0 Å². The lowest BCUT2D eigenvalue weighted by Crippen LogP contribution is -2.23. The Labute approximate surface area is 186 Å². The second kappa shape index (κ2) is 10.4. The van der Waals surface area contributed by atoms with Crippen LogP contribution in [0.1, 0.15) is 18.1 Å². The van der Waals surface area contributed by atoms with Gasteiger partial charge in [0.1, 0.15) is 5.75 Å². The van der Waals surface area contributed by atoms with Crippen LogP contribution in [0, 0.1) is 0 Å². The number of carbonyl (C=O) groups is 2. The summed E-state index contributed by atoms with van der Waals surface area (Å²) in [5, 5.41) is 3.95. The number of fused-ring (bicyclic) bond motifs is 1. The summed E-state index contributed by atoms with van der Waals surface area (Å²) in [6.45, 7) is 1.77. The van der Waals surface area contributed by atoms with Crippen molar-refractivity contribution in [2.75, 3.05) is 27.9 Å². The Morgan fingerprint density at radius 2 is 1.75 bits per heavy atom. The van der Waals surface area contributed by atoms with E-state index >= 15 is 0 Å². The first-order chi connectivity index (χ1) is 15.4. The monoisotopic (exact) mass is 438 g/mol. The molecule has 1 amide bonds. The van der Waals surface area contributed by atoms with Gasteiger partial charge < -0.3 is 29.2 Å². The molecule has 0 spiro atoms. The summed E-state index contributed by atoms with van der Waals surface area (Å²) in [6, 6.07) is 9.16. The number of methoxy groups -OCH3 is 3. The van der Waals surface area contributed by atoms with Crippen LogP contribution in [-0.4, -0.2) is 44.7 Å². The van der Waals surface area contributed by atoms with Gasteiger partial charge in [-0.15, -0.1) is 0 Å². The molecule has 0 unspecified atom stereocenters. The number of hydrogen-bond acceptors (Lipinski definition) is 6. The summed E-state index contributed by atoms with van der Waals surface area (Å²) >= 11 is 0. The molecule has 0 fully saturated rings. The van der Waals surface area contributed by atoms with E-state index in [1.807, 2.05) is 24.4 Å². The molecule has 0 saturated carbocycles. The number of aromatic amines is 1. The van der Waals surface area contributed by atoms with Crippen molar-refractivity contribution in [3.05, 3.63) is 53.7 Å². The zero-order chi connectivity index (χ0) is 23.1. The molecule has 0 radical (unpaired) electrons. The second-order valence-electron chi connectivity index (χ2n) is 6.95. The smallest absolute Gasteiger partial charge is 0.308 e. The van der Waals surface area contributed by atoms with E-state index in [0.717, 1.165) is 22.2 Å². The molecule has 1 heterocycles. The number of H-pyrrole nitrogens is 1. The lowest BCUT2D eigenvalue weighted by atomic mass is 10.1. The van der Waals surface area contributed by atoms with E-state index < -0.39 is 5.97 Å². The van der Waals surface area contributed by atoms with E-state index in [-0.39, 0.29) is 11.7 Å². The standard InChI is InChI=1S/C24H26N2O6/c1-15(27)32-24-21(30-3)11-16(12-22(24)31-4)5-8-23(28)25-10-9-17-14-26-20-7-6-18(29-2)13-19(17)20/h5-8,11-14,26H,9-10H2,1-4H3,(H,25,28)/b8-5+. The third kappa shape index (κ3) is 5.40. The lowest BCUT2D eigenvalue weighted by molar-refractivity contribution is -0.132. The van der Waals surface area contributed by atoms with Gasteiger partial charge in [0.2, 0.25) is 11.7 Å². The zero-order valence-corrected chi connectivity index (χ0v) is 18.5. The maximum absolute atomic E-state index is 12.3. The summed E-state index contributed by atoms with van der Waals surface area (Å²) in [6.07, 6.45) is 5.67. The maximum Gasteiger partial charge on any atom is 0.308 e. The van der Waals surface area contributed by atoms with Crippen LogP contribution in [0.2, 0.25) is 0 Å². The summed E-state index contributed by atoms with van der Waals surface area (Å²) < 4.78 is 21.0. The molecular formula is C24H26N2O6. The number of hydrogen-bond donors (Lipinski definition) is 2. The van der Waals surface area contributed by atoms with Crippen LogP contribution >= 0.6 is 0 Å². The van der Waals surface area contributed by atoms with Gasteiger partial charge in [0.05, 0.1) is 21.3 Å². The number of aromatic nitrogens is 1. The first-order valence-corrected chi connectivity index (χ1v) is 9.99. The van der Waals surface area contributed by atoms with Crippen LogP contribution in [0.4, 0.5) is 0 Å².